The number of hydrogen-bond donors (Lipinski definition) is 0. The van der Waals surface area contributed by atoms with E-state index in [2.05, 4.69) is 173 Å². The molecule has 0 radical (unpaired) electrons. The fourth-order valence-electron chi connectivity index (χ4n) is 9.30. The third-order valence-electron chi connectivity index (χ3n) is 11.7. The molecule has 0 amide bonds. The molecule has 11 aromatic rings. The lowest BCUT2D eigenvalue weighted by Crippen LogP contribution is -2.16. The molecule has 8 aromatic carbocycles. The standard InChI is InChI=1S/C52H34N2O2/c1-2-13-33(14-3-1)45-29-34-15-4-5-18-39(34)51-44-21-6-9-22-46(44)54(52(45)51)36-17-12-16-35(30-36)53(37-25-27-42-40-19-7-10-23-47(40)55-49(42)31-37)38-26-28-43-41-20-8-11-24-48(41)56-50(43)32-38/h1-28,30-32,45H,29H2. The van der Waals surface area contributed by atoms with Crippen molar-refractivity contribution in [3.63, 3.8) is 0 Å². The Morgan fingerprint density at radius 1 is 0.446 bits per heavy atom. The van der Waals surface area contributed by atoms with E-state index in [1.54, 1.807) is 0 Å². The van der Waals surface area contributed by atoms with Crippen molar-refractivity contribution in [3.8, 4) is 16.8 Å². The molecule has 1 atom stereocenters. The van der Waals surface area contributed by atoms with Gasteiger partial charge in [0.15, 0.2) is 0 Å². The highest BCUT2D eigenvalue weighted by Crippen LogP contribution is 2.49. The quantitative estimate of drug-likeness (QED) is 0.178. The molecule has 0 N–H and O–H groups in total. The summed E-state index contributed by atoms with van der Waals surface area (Å²) in [5.74, 6) is 0.180. The van der Waals surface area contributed by atoms with E-state index in [-0.39, 0.29) is 5.92 Å². The first kappa shape index (κ1) is 31.1. The van der Waals surface area contributed by atoms with Crippen molar-refractivity contribution >= 4 is 71.8 Å². The van der Waals surface area contributed by atoms with E-state index in [1.165, 1.54) is 38.9 Å². The number of hydrogen-bond acceptors (Lipinski definition) is 3. The second-order valence-corrected chi connectivity index (χ2v) is 14.8. The summed E-state index contributed by atoms with van der Waals surface area (Å²) in [7, 11) is 0. The van der Waals surface area contributed by atoms with E-state index in [9.17, 15) is 0 Å². The number of anilines is 3. The Bertz CT molecular complexity index is 3200. The van der Waals surface area contributed by atoms with E-state index in [4.69, 9.17) is 8.83 Å². The molecule has 1 unspecified atom stereocenters. The molecule has 1 aliphatic carbocycles. The summed E-state index contributed by atoms with van der Waals surface area (Å²) in [6, 6.07) is 67.4. The molecular weight excluding hydrogens is 685 g/mol. The zero-order valence-electron chi connectivity index (χ0n) is 30.4. The first-order valence-corrected chi connectivity index (χ1v) is 19.3. The van der Waals surface area contributed by atoms with Gasteiger partial charge in [0.1, 0.15) is 22.3 Å². The van der Waals surface area contributed by atoms with Crippen LogP contribution in [0.1, 0.15) is 22.7 Å². The molecule has 0 fully saturated rings. The molecule has 12 rings (SSSR count). The van der Waals surface area contributed by atoms with Gasteiger partial charge in [-0.05, 0) is 83.8 Å². The molecule has 4 heteroatoms. The fourth-order valence-corrected chi connectivity index (χ4v) is 9.30. The van der Waals surface area contributed by atoms with E-state index in [0.29, 0.717) is 0 Å². The van der Waals surface area contributed by atoms with Crippen molar-refractivity contribution in [2.24, 2.45) is 0 Å². The molecule has 3 heterocycles. The SMILES string of the molecule is c1ccc(C2Cc3ccccc3-c3c2n(-c2cccc(N(c4ccc5c(c4)oc4ccccc45)c4ccc5c(c4)oc4ccccc45)c2)c2ccccc32)cc1. The normalized spacial score (nSPS) is 13.8. The van der Waals surface area contributed by atoms with Crippen LogP contribution in [0.4, 0.5) is 17.1 Å². The molecule has 1 aliphatic rings. The number of furan rings is 2. The van der Waals surface area contributed by atoms with Gasteiger partial charge in [-0.2, -0.15) is 0 Å². The van der Waals surface area contributed by atoms with Gasteiger partial charge in [0, 0.05) is 79.0 Å². The summed E-state index contributed by atoms with van der Waals surface area (Å²) in [5, 5.41) is 5.70. The smallest absolute Gasteiger partial charge is 0.137 e. The van der Waals surface area contributed by atoms with Crippen LogP contribution in [0.3, 0.4) is 0 Å². The van der Waals surface area contributed by atoms with E-state index >= 15 is 0 Å². The molecule has 0 saturated heterocycles. The largest absolute Gasteiger partial charge is 0.456 e. The van der Waals surface area contributed by atoms with Crippen molar-refractivity contribution < 1.29 is 8.83 Å². The maximum absolute atomic E-state index is 6.45. The van der Waals surface area contributed by atoms with Crippen molar-refractivity contribution in [1.29, 1.82) is 0 Å². The minimum Gasteiger partial charge on any atom is -0.456 e. The minimum absolute atomic E-state index is 0.180. The second kappa shape index (κ2) is 12.1. The van der Waals surface area contributed by atoms with E-state index in [1.807, 2.05) is 24.3 Å². The molecule has 0 spiro atoms. The summed E-state index contributed by atoms with van der Waals surface area (Å²) in [4.78, 5) is 2.32. The van der Waals surface area contributed by atoms with Crippen LogP contribution in [-0.4, -0.2) is 4.57 Å². The van der Waals surface area contributed by atoms with Crippen LogP contribution in [0.25, 0.3) is 71.6 Å². The number of rotatable bonds is 5. The monoisotopic (exact) mass is 718 g/mol. The predicted octanol–water partition coefficient (Wildman–Crippen LogP) is 14.3. The average molecular weight is 719 g/mol. The van der Waals surface area contributed by atoms with E-state index in [0.717, 1.165) is 73.0 Å². The molecule has 4 nitrogen and oxygen atoms in total. The summed E-state index contributed by atoms with van der Waals surface area (Å²) < 4.78 is 15.4. The summed E-state index contributed by atoms with van der Waals surface area (Å²) in [5.41, 5.74) is 15.5. The molecule has 264 valence electrons. The predicted molar refractivity (Wildman–Crippen MR) is 230 cm³/mol. The first-order chi connectivity index (χ1) is 27.8. The Morgan fingerprint density at radius 3 is 1.73 bits per heavy atom. The van der Waals surface area contributed by atoms with Crippen LogP contribution in [0.5, 0.6) is 0 Å². The van der Waals surface area contributed by atoms with Crippen molar-refractivity contribution in [3.05, 3.63) is 205 Å². The summed E-state index contributed by atoms with van der Waals surface area (Å²) in [6.45, 7) is 0. The number of benzene rings is 8. The third kappa shape index (κ3) is 4.66. The van der Waals surface area contributed by atoms with Crippen LogP contribution in [0.15, 0.2) is 197 Å². The highest BCUT2D eigenvalue weighted by molar-refractivity contribution is 6.08. The number of para-hydroxylation sites is 3. The first-order valence-electron chi connectivity index (χ1n) is 19.3. The third-order valence-corrected chi connectivity index (χ3v) is 11.7. The van der Waals surface area contributed by atoms with Crippen molar-refractivity contribution in [2.45, 2.75) is 12.3 Å². The van der Waals surface area contributed by atoms with Gasteiger partial charge in [-0.1, -0.05) is 115 Å². The molecule has 0 bridgehead atoms. The molecule has 0 aliphatic heterocycles. The van der Waals surface area contributed by atoms with Crippen molar-refractivity contribution in [1.82, 2.24) is 4.57 Å². The van der Waals surface area contributed by atoms with Crippen molar-refractivity contribution in [2.75, 3.05) is 4.90 Å². The fraction of sp³-hybridized carbons (Fsp3) is 0.0385. The van der Waals surface area contributed by atoms with Crippen LogP contribution in [0, 0.1) is 0 Å². The Kier molecular flexibility index (Phi) is 6.72. The molecule has 56 heavy (non-hydrogen) atoms. The van der Waals surface area contributed by atoms with Crippen LogP contribution in [0.2, 0.25) is 0 Å². The molecule has 3 aromatic heterocycles. The Hall–Kier alpha value is -7.30. The van der Waals surface area contributed by atoms with Gasteiger partial charge in [0.05, 0.1) is 5.52 Å². The molecular formula is C52H34N2O2. The lowest BCUT2D eigenvalue weighted by atomic mass is 9.78. The average Bonchev–Trinajstić information content (AvgIpc) is 3.93. The van der Waals surface area contributed by atoms with Gasteiger partial charge in [-0.3, -0.25) is 0 Å². The highest BCUT2D eigenvalue weighted by atomic mass is 16.3. The van der Waals surface area contributed by atoms with Gasteiger partial charge in [-0.25, -0.2) is 0 Å². The van der Waals surface area contributed by atoms with Gasteiger partial charge in [0.25, 0.3) is 0 Å². The van der Waals surface area contributed by atoms with Gasteiger partial charge < -0.3 is 18.3 Å². The summed E-state index contributed by atoms with van der Waals surface area (Å²) in [6.07, 6.45) is 0.935. The van der Waals surface area contributed by atoms with Gasteiger partial charge >= 0.3 is 0 Å². The zero-order valence-corrected chi connectivity index (χ0v) is 30.4. The number of fused-ring (bicyclic) bond motifs is 11. The van der Waals surface area contributed by atoms with Gasteiger partial charge in [0.2, 0.25) is 0 Å². The van der Waals surface area contributed by atoms with E-state index < -0.39 is 0 Å². The number of nitrogens with zero attached hydrogens (tertiary/aromatic N) is 2. The Morgan fingerprint density at radius 2 is 1.02 bits per heavy atom. The number of aromatic nitrogens is 1. The lowest BCUT2D eigenvalue weighted by molar-refractivity contribution is 0.669. The summed E-state index contributed by atoms with van der Waals surface area (Å²) >= 11 is 0. The Balaban J connectivity index is 1.10. The highest BCUT2D eigenvalue weighted by Gasteiger charge is 2.32. The van der Waals surface area contributed by atoms with Crippen LogP contribution < -0.4 is 4.90 Å². The lowest BCUT2D eigenvalue weighted by Gasteiger charge is -2.29. The van der Waals surface area contributed by atoms with Gasteiger partial charge in [-0.15, -0.1) is 0 Å². The minimum atomic E-state index is 0.180. The maximum Gasteiger partial charge on any atom is 0.137 e. The maximum atomic E-state index is 6.45. The molecule has 0 saturated carbocycles. The second-order valence-electron chi connectivity index (χ2n) is 14.8. The topological polar surface area (TPSA) is 34.5 Å². The van der Waals surface area contributed by atoms with Crippen LogP contribution >= 0.6 is 0 Å². The van der Waals surface area contributed by atoms with Crippen LogP contribution in [-0.2, 0) is 6.42 Å². The Labute approximate surface area is 323 Å². The zero-order chi connectivity index (χ0) is 36.7.